The van der Waals surface area contributed by atoms with Crippen LogP contribution >= 0.6 is 0 Å². The molecule has 0 fully saturated rings. The van der Waals surface area contributed by atoms with Crippen LogP contribution in [0.4, 0.5) is 5.82 Å². The number of carbonyl (C=O) groups is 3. The van der Waals surface area contributed by atoms with Crippen molar-refractivity contribution in [3.8, 4) is 0 Å². The Hall–Kier alpha value is -4.52. The Labute approximate surface area is 215 Å². The van der Waals surface area contributed by atoms with Gasteiger partial charge in [0.15, 0.2) is 0 Å². The fourth-order valence-corrected chi connectivity index (χ4v) is 4.17. The van der Waals surface area contributed by atoms with Crippen molar-refractivity contribution in [1.82, 2.24) is 10.3 Å². The highest BCUT2D eigenvalue weighted by molar-refractivity contribution is 6.07. The molecule has 1 heterocycles. The van der Waals surface area contributed by atoms with Gasteiger partial charge in [0.2, 0.25) is 0 Å². The number of nitrogens with one attached hydrogen (secondary N) is 2. The normalized spacial score (nSPS) is 11.6. The Bertz CT molecular complexity index is 1370. The first-order valence-corrected chi connectivity index (χ1v) is 12.3. The summed E-state index contributed by atoms with van der Waals surface area (Å²) >= 11 is 0. The number of hydrogen-bond acceptors (Lipinski definition) is 5. The summed E-state index contributed by atoms with van der Waals surface area (Å²) in [5.74, 6) is -0.601. The molecule has 7 heteroatoms. The van der Waals surface area contributed by atoms with Gasteiger partial charge in [0.25, 0.3) is 5.91 Å². The van der Waals surface area contributed by atoms with E-state index in [1.54, 1.807) is 18.3 Å². The van der Waals surface area contributed by atoms with E-state index in [1.807, 2.05) is 72.8 Å². The molecule has 7 nitrogen and oxygen atoms in total. The first-order valence-electron chi connectivity index (χ1n) is 12.3. The number of Topliss-reactive ketones (excluding diaryl/α,β-unsaturated/α-hetero) is 1. The topological polar surface area (TPSA) is 108 Å². The lowest BCUT2D eigenvalue weighted by atomic mass is 10.00. The summed E-state index contributed by atoms with van der Waals surface area (Å²) in [5, 5.41) is 17.3. The van der Waals surface area contributed by atoms with Crippen molar-refractivity contribution < 1.29 is 19.5 Å². The van der Waals surface area contributed by atoms with Gasteiger partial charge >= 0.3 is 5.97 Å². The van der Waals surface area contributed by atoms with Crippen LogP contribution < -0.4 is 10.6 Å². The van der Waals surface area contributed by atoms with Crippen LogP contribution in [0, 0.1) is 0 Å². The summed E-state index contributed by atoms with van der Waals surface area (Å²) < 4.78 is 0. The van der Waals surface area contributed by atoms with Gasteiger partial charge in [0.05, 0.1) is 0 Å². The molecule has 0 aliphatic rings. The molecule has 0 radical (unpaired) electrons. The number of fused-ring (bicyclic) bond motifs is 1. The van der Waals surface area contributed by atoms with E-state index in [0.717, 1.165) is 27.7 Å². The largest absolute Gasteiger partial charge is 0.480 e. The van der Waals surface area contributed by atoms with Crippen molar-refractivity contribution in [3.63, 3.8) is 0 Å². The van der Waals surface area contributed by atoms with Gasteiger partial charge in [-0.3, -0.25) is 9.59 Å². The second kappa shape index (κ2) is 12.4. The average Bonchev–Trinajstić information content (AvgIpc) is 2.92. The number of aromatic nitrogens is 1. The molecule has 0 aliphatic heterocycles. The van der Waals surface area contributed by atoms with Crippen LogP contribution in [0.25, 0.3) is 10.8 Å². The maximum Gasteiger partial charge on any atom is 0.326 e. The Balaban J connectivity index is 1.29. The zero-order valence-corrected chi connectivity index (χ0v) is 20.4. The predicted molar refractivity (Wildman–Crippen MR) is 144 cm³/mol. The molecule has 4 aromatic rings. The Morgan fingerprint density at radius 1 is 0.838 bits per heavy atom. The number of ketones is 1. The highest BCUT2D eigenvalue weighted by Gasteiger charge is 2.22. The molecule has 3 aromatic carbocycles. The number of rotatable bonds is 12. The van der Waals surface area contributed by atoms with E-state index in [4.69, 9.17) is 0 Å². The molecule has 1 aromatic heterocycles. The quantitative estimate of drug-likeness (QED) is 0.247. The van der Waals surface area contributed by atoms with Crippen LogP contribution in [-0.2, 0) is 22.4 Å². The third kappa shape index (κ3) is 7.24. The molecule has 37 heavy (non-hydrogen) atoms. The molecular weight excluding hydrogens is 466 g/mol. The van der Waals surface area contributed by atoms with Crippen LogP contribution in [0.15, 0.2) is 91.1 Å². The zero-order chi connectivity index (χ0) is 26.0. The molecule has 3 N–H and O–H groups in total. The minimum Gasteiger partial charge on any atom is -0.480 e. The van der Waals surface area contributed by atoms with Crippen LogP contribution in [0.2, 0.25) is 0 Å². The van der Waals surface area contributed by atoms with Crippen LogP contribution in [-0.4, -0.2) is 40.3 Å². The summed E-state index contributed by atoms with van der Waals surface area (Å²) in [4.78, 5) is 41.3. The predicted octanol–water partition coefficient (Wildman–Crippen LogP) is 4.66. The summed E-state index contributed by atoms with van der Waals surface area (Å²) in [6.07, 6.45) is 3.35. The molecule has 1 atom stereocenters. The molecule has 0 aliphatic carbocycles. The first kappa shape index (κ1) is 25.6. The number of hydrogen-bond donors (Lipinski definition) is 3. The molecule has 188 valence electrons. The monoisotopic (exact) mass is 495 g/mol. The molecule has 0 bridgehead atoms. The van der Waals surface area contributed by atoms with Gasteiger partial charge in [0, 0.05) is 37.6 Å². The van der Waals surface area contributed by atoms with E-state index in [9.17, 15) is 19.5 Å². The number of carbonyl (C=O) groups excluding carboxylic acids is 2. The van der Waals surface area contributed by atoms with Gasteiger partial charge in [-0.2, -0.15) is 0 Å². The van der Waals surface area contributed by atoms with E-state index >= 15 is 0 Å². The lowest BCUT2D eigenvalue weighted by molar-refractivity contribution is -0.139. The SMILES string of the molecule is O=C(CCCNc1ccccn1)Cc1ccc(C[C@H](NC(=O)c2cccc3ccccc23)C(=O)O)cc1. The smallest absolute Gasteiger partial charge is 0.326 e. The van der Waals surface area contributed by atoms with Crippen molar-refractivity contribution in [1.29, 1.82) is 0 Å². The fraction of sp³-hybridized carbons (Fsp3) is 0.200. The van der Waals surface area contributed by atoms with Crippen molar-refractivity contribution in [3.05, 3.63) is 108 Å². The lowest BCUT2D eigenvalue weighted by Gasteiger charge is -2.16. The molecule has 0 spiro atoms. The third-order valence-electron chi connectivity index (χ3n) is 6.11. The lowest BCUT2D eigenvalue weighted by Crippen LogP contribution is -2.42. The van der Waals surface area contributed by atoms with Crippen molar-refractivity contribution >= 4 is 34.3 Å². The summed E-state index contributed by atoms with van der Waals surface area (Å²) in [6, 6.07) is 24.7. The molecule has 0 saturated heterocycles. The second-order valence-electron chi connectivity index (χ2n) is 8.87. The third-order valence-corrected chi connectivity index (χ3v) is 6.11. The van der Waals surface area contributed by atoms with E-state index < -0.39 is 17.9 Å². The Morgan fingerprint density at radius 3 is 2.32 bits per heavy atom. The van der Waals surface area contributed by atoms with Crippen LogP contribution in [0.1, 0.15) is 34.3 Å². The highest BCUT2D eigenvalue weighted by Crippen LogP contribution is 2.19. The number of carboxylic acids is 1. The van der Waals surface area contributed by atoms with E-state index in [1.165, 1.54) is 0 Å². The Morgan fingerprint density at radius 2 is 1.57 bits per heavy atom. The van der Waals surface area contributed by atoms with Gasteiger partial charge in [-0.15, -0.1) is 0 Å². The van der Waals surface area contributed by atoms with Crippen molar-refractivity contribution in [2.45, 2.75) is 31.7 Å². The molecule has 0 unspecified atom stereocenters. The van der Waals surface area contributed by atoms with Gasteiger partial charge in [-0.25, -0.2) is 9.78 Å². The first-order chi connectivity index (χ1) is 18.0. The van der Waals surface area contributed by atoms with E-state index in [2.05, 4.69) is 15.6 Å². The number of pyridine rings is 1. The van der Waals surface area contributed by atoms with Gasteiger partial charge in [0.1, 0.15) is 17.6 Å². The minimum absolute atomic E-state index is 0.138. The summed E-state index contributed by atoms with van der Waals surface area (Å²) in [5.41, 5.74) is 2.08. The summed E-state index contributed by atoms with van der Waals surface area (Å²) in [6.45, 7) is 0.669. The average molecular weight is 496 g/mol. The zero-order valence-electron chi connectivity index (χ0n) is 20.4. The maximum atomic E-state index is 12.9. The van der Waals surface area contributed by atoms with Crippen molar-refractivity contribution in [2.24, 2.45) is 0 Å². The number of carboxylic acid groups (broad SMARTS) is 1. The van der Waals surface area contributed by atoms with Gasteiger partial charge in [-0.1, -0.05) is 66.7 Å². The van der Waals surface area contributed by atoms with E-state index in [-0.39, 0.29) is 12.2 Å². The van der Waals surface area contributed by atoms with Crippen LogP contribution in [0.5, 0.6) is 0 Å². The van der Waals surface area contributed by atoms with Crippen molar-refractivity contribution in [2.75, 3.05) is 11.9 Å². The summed E-state index contributed by atoms with van der Waals surface area (Å²) in [7, 11) is 0. The maximum absolute atomic E-state index is 12.9. The molecule has 4 rings (SSSR count). The number of aliphatic carboxylic acids is 1. The number of benzene rings is 3. The van der Waals surface area contributed by atoms with Gasteiger partial charge in [-0.05, 0) is 46.5 Å². The highest BCUT2D eigenvalue weighted by atomic mass is 16.4. The standard InChI is InChI=1S/C30H29N3O4/c34-24(9-6-18-32-28-12-3-4-17-31-28)19-21-13-15-22(16-14-21)20-27(30(36)37)33-29(35)26-11-5-8-23-7-1-2-10-25(23)26/h1-5,7-8,10-17,27H,6,9,18-20H2,(H,31,32)(H,33,35)(H,36,37)/t27-/m0/s1. The van der Waals surface area contributed by atoms with Gasteiger partial charge < -0.3 is 15.7 Å². The number of amides is 1. The minimum atomic E-state index is -1.10. The molecule has 0 saturated carbocycles. The number of nitrogens with zero attached hydrogens (tertiary/aromatic N) is 1. The van der Waals surface area contributed by atoms with E-state index in [0.29, 0.717) is 31.4 Å². The number of anilines is 1. The van der Waals surface area contributed by atoms with Crippen LogP contribution in [0.3, 0.4) is 0 Å². The second-order valence-corrected chi connectivity index (χ2v) is 8.87. The fourth-order valence-electron chi connectivity index (χ4n) is 4.17. The Kier molecular flexibility index (Phi) is 8.60. The molecular formula is C30H29N3O4. The molecule has 1 amide bonds.